The molecule has 0 spiro atoms. The third-order valence-electron chi connectivity index (χ3n) is 1.18. The molecule has 0 radical (unpaired) electrons. The van der Waals surface area contributed by atoms with E-state index in [0.717, 1.165) is 6.26 Å². The van der Waals surface area contributed by atoms with Gasteiger partial charge in [0.25, 0.3) is 0 Å². The molecular weight excluding hydrogens is 212 g/mol. The summed E-state index contributed by atoms with van der Waals surface area (Å²) in [4.78, 5) is 0. The van der Waals surface area contributed by atoms with Crippen LogP contribution in [0.25, 0.3) is 0 Å². The third kappa shape index (κ3) is 3.63. The van der Waals surface area contributed by atoms with Gasteiger partial charge in [-0.1, -0.05) is 23.7 Å². The highest BCUT2D eigenvalue weighted by Gasteiger charge is 2.00. The predicted molar refractivity (Wildman–Crippen MR) is 52.9 cm³/mol. The standard InChI is InChI=1S/C7H9ClN2O2S/c1-13(9,11)12-10-7-5-3-2-4-6(7)8/h2-5,9-10H,1H3. The first-order valence-corrected chi connectivity index (χ1v) is 5.69. The molecule has 6 heteroatoms. The summed E-state index contributed by atoms with van der Waals surface area (Å²) in [5.74, 6) is 0. The Balaban J connectivity index is 2.71. The zero-order valence-corrected chi connectivity index (χ0v) is 8.48. The lowest BCUT2D eigenvalue weighted by Gasteiger charge is -2.06. The number of hydrogen-bond donors (Lipinski definition) is 2. The molecule has 1 rings (SSSR count). The molecule has 13 heavy (non-hydrogen) atoms. The number of rotatable bonds is 3. The fourth-order valence-corrected chi connectivity index (χ4v) is 1.09. The van der Waals surface area contributed by atoms with Crippen molar-refractivity contribution in [2.24, 2.45) is 0 Å². The van der Waals surface area contributed by atoms with E-state index in [9.17, 15) is 4.21 Å². The van der Waals surface area contributed by atoms with E-state index in [1.54, 1.807) is 24.3 Å². The highest BCUT2D eigenvalue weighted by Crippen LogP contribution is 2.20. The normalized spacial score (nSPS) is 14.9. The van der Waals surface area contributed by atoms with Gasteiger partial charge in [0.05, 0.1) is 10.7 Å². The van der Waals surface area contributed by atoms with Crippen molar-refractivity contribution in [3.63, 3.8) is 0 Å². The molecule has 0 saturated heterocycles. The van der Waals surface area contributed by atoms with E-state index in [2.05, 4.69) is 9.76 Å². The van der Waals surface area contributed by atoms with Crippen LogP contribution >= 0.6 is 11.6 Å². The van der Waals surface area contributed by atoms with Crippen LogP contribution in [0, 0.1) is 4.78 Å². The topological polar surface area (TPSA) is 62.2 Å². The first-order chi connectivity index (χ1) is 5.99. The van der Waals surface area contributed by atoms with Crippen LogP contribution in [0.1, 0.15) is 0 Å². The summed E-state index contributed by atoms with van der Waals surface area (Å²) < 4.78 is 22.3. The molecule has 0 bridgehead atoms. The summed E-state index contributed by atoms with van der Waals surface area (Å²) in [6.07, 6.45) is 1.16. The van der Waals surface area contributed by atoms with Gasteiger partial charge in [-0.25, -0.2) is 14.5 Å². The number of nitrogens with one attached hydrogen (secondary N) is 2. The quantitative estimate of drug-likeness (QED) is 0.769. The summed E-state index contributed by atoms with van der Waals surface area (Å²) in [5, 5.41) is 0.450. The van der Waals surface area contributed by atoms with Crippen LogP contribution in [0.5, 0.6) is 0 Å². The number of anilines is 1. The van der Waals surface area contributed by atoms with E-state index < -0.39 is 10.0 Å². The Labute approximate surface area is 82.0 Å². The van der Waals surface area contributed by atoms with Crippen molar-refractivity contribution >= 4 is 27.3 Å². The highest BCUT2D eigenvalue weighted by molar-refractivity contribution is 7.87. The molecule has 1 aromatic carbocycles. The molecule has 0 aromatic heterocycles. The Morgan fingerprint density at radius 3 is 2.69 bits per heavy atom. The van der Waals surface area contributed by atoms with Crippen molar-refractivity contribution < 1.29 is 8.49 Å². The number of hydrogen-bond acceptors (Lipinski definition) is 4. The number of para-hydroxylation sites is 1. The fraction of sp³-hybridized carbons (Fsp3) is 0.143. The highest BCUT2D eigenvalue weighted by atomic mass is 35.5. The average Bonchev–Trinajstić information content (AvgIpc) is 2.01. The first-order valence-electron chi connectivity index (χ1n) is 3.42. The molecule has 1 aromatic rings. The van der Waals surface area contributed by atoms with Gasteiger partial charge < -0.3 is 0 Å². The summed E-state index contributed by atoms with van der Waals surface area (Å²) in [6, 6.07) is 6.83. The molecule has 0 aliphatic heterocycles. The van der Waals surface area contributed by atoms with Crippen molar-refractivity contribution in [3.8, 4) is 0 Å². The van der Waals surface area contributed by atoms with E-state index in [0.29, 0.717) is 10.7 Å². The van der Waals surface area contributed by atoms with Crippen LogP contribution in [0.4, 0.5) is 5.69 Å². The SMILES string of the molecule is CS(=N)(=O)ONc1ccccc1Cl. The van der Waals surface area contributed by atoms with Crippen molar-refractivity contribution in [3.05, 3.63) is 29.3 Å². The molecule has 0 fully saturated rings. The van der Waals surface area contributed by atoms with Crippen LogP contribution < -0.4 is 5.48 Å². The monoisotopic (exact) mass is 220 g/mol. The van der Waals surface area contributed by atoms with Crippen LogP contribution in [0.15, 0.2) is 24.3 Å². The average molecular weight is 221 g/mol. The molecule has 0 aliphatic carbocycles. The Hall–Kier alpha value is -0.780. The molecule has 0 saturated carbocycles. The van der Waals surface area contributed by atoms with Crippen molar-refractivity contribution in [1.82, 2.24) is 0 Å². The fourth-order valence-electron chi connectivity index (χ4n) is 0.668. The molecule has 0 aliphatic rings. The predicted octanol–water partition coefficient (Wildman–Crippen LogP) is 2.28. The van der Waals surface area contributed by atoms with Gasteiger partial charge in [0, 0.05) is 6.26 Å². The van der Waals surface area contributed by atoms with Crippen molar-refractivity contribution in [2.75, 3.05) is 11.7 Å². The largest absolute Gasteiger partial charge is 0.249 e. The maximum absolute atomic E-state index is 10.8. The van der Waals surface area contributed by atoms with Crippen LogP contribution in [0.2, 0.25) is 5.02 Å². The Morgan fingerprint density at radius 1 is 1.54 bits per heavy atom. The minimum Gasteiger partial charge on any atom is -0.249 e. The molecule has 1 unspecified atom stereocenters. The Bertz CT molecular complexity index is 391. The van der Waals surface area contributed by atoms with E-state index in [1.165, 1.54) is 0 Å². The van der Waals surface area contributed by atoms with Crippen LogP contribution in [-0.2, 0) is 14.3 Å². The minimum atomic E-state index is -3.01. The van der Waals surface area contributed by atoms with Gasteiger partial charge in [-0.05, 0) is 12.1 Å². The second-order valence-electron chi connectivity index (χ2n) is 2.44. The number of halogens is 1. The zero-order valence-electron chi connectivity index (χ0n) is 6.91. The summed E-state index contributed by atoms with van der Waals surface area (Å²) in [7, 11) is -3.01. The van der Waals surface area contributed by atoms with Gasteiger partial charge >= 0.3 is 0 Å². The Kier molecular flexibility index (Phi) is 3.13. The molecule has 2 N–H and O–H groups in total. The van der Waals surface area contributed by atoms with E-state index in [4.69, 9.17) is 16.4 Å². The first kappa shape index (κ1) is 10.3. The zero-order chi connectivity index (χ0) is 9.90. The van der Waals surface area contributed by atoms with E-state index >= 15 is 0 Å². The van der Waals surface area contributed by atoms with Gasteiger partial charge in [0.15, 0.2) is 10.0 Å². The molecule has 72 valence electrons. The van der Waals surface area contributed by atoms with Gasteiger partial charge in [0.1, 0.15) is 0 Å². The smallest absolute Gasteiger partial charge is 0.179 e. The second-order valence-corrected chi connectivity index (χ2v) is 4.56. The summed E-state index contributed by atoms with van der Waals surface area (Å²) >= 11 is 5.76. The van der Waals surface area contributed by atoms with Crippen molar-refractivity contribution in [1.29, 1.82) is 4.78 Å². The summed E-state index contributed by atoms with van der Waals surface area (Å²) in [5.41, 5.74) is 2.85. The lowest BCUT2D eigenvalue weighted by molar-refractivity contribution is 0.429. The molecule has 0 heterocycles. The third-order valence-corrected chi connectivity index (χ3v) is 1.92. The van der Waals surface area contributed by atoms with Gasteiger partial charge in [-0.15, -0.1) is 0 Å². The maximum atomic E-state index is 10.8. The second kappa shape index (κ2) is 3.95. The summed E-state index contributed by atoms with van der Waals surface area (Å²) in [6.45, 7) is 0. The van der Waals surface area contributed by atoms with E-state index in [-0.39, 0.29) is 0 Å². The lowest BCUT2D eigenvalue weighted by Crippen LogP contribution is -2.07. The molecule has 0 amide bonds. The lowest BCUT2D eigenvalue weighted by atomic mass is 10.3. The van der Waals surface area contributed by atoms with Gasteiger partial charge in [-0.3, -0.25) is 0 Å². The van der Waals surface area contributed by atoms with Crippen molar-refractivity contribution in [2.45, 2.75) is 0 Å². The number of benzene rings is 1. The van der Waals surface area contributed by atoms with Crippen LogP contribution in [0.3, 0.4) is 0 Å². The van der Waals surface area contributed by atoms with E-state index in [1.807, 2.05) is 0 Å². The van der Waals surface area contributed by atoms with Crippen LogP contribution in [-0.4, -0.2) is 10.5 Å². The Morgan fingerprint density at radius 2 is 2.15 bits per heavy atom. The minimum absolute atomic E-state index is 0.450. The molecular formula is C7H9ClN2O2S. The van der Waals surface area contributed by atoms with Gasteiger partial charge in [-0.2, -0.15) is 4.28 Å². The maximum Gasteiger partial charge on any atom is 0.179 e. The molecule has 1 atom stereocenters. The van der Waals surface area contributed by atoms with Gasteiger partial charge in [0.2, 0.25) is 0 Å². The molecule has 4 nitrogen and oxygen atoms in total.